The van der Waals surface area contributed by atoms with Gasteiger partial charge in [0.25, 0.3) is 0 Å². The van der Waals surface area contributed by atoms with Gasteiger partial charge in [-0.05, 0) is 32.2 Å². The number of nitrogens with two attached hydrogens (primary N) is 1. The highest BCUT2D eigenvalue weighted by molar-refractivity contribution is 5.24. The predicted octanol–water partition coefficient (Wildman–Crippen LogP) is 0.951. The van der Waals surface area contributed by atoms with Crippen LogP contribution in [0.3, 0.4) is 0 Å². The fraction of sp³-hybridized carbons (Fsp3) is 0.800. The number of rotatable bonds is 4. The minimum atomic E-state index is 0.668. The second-order valence-corrected chi connectivity index (χ2v) is 3.92. The van der Waals surface area contributed by atoms with E-state index in [-0.39, 0.29) is 0 Å². The lowest BCUT2D eigenvalue weighted by Gasteiger charge is -2.24. The van der Waals surface area contributed by atoms with Crippen LogP contribution in [0.5, 0.6) is 0 Å². The molecular formula is C10H18N4O. The van der Waals surface area contributed by atoms with Gasteiger partial charge in [-0.1, -0.05) is 5.10 Å². The van der Waals surface area contributed by atoms with Crippen LogP contribution < -0.4 is 10.6 Å². The van der Waals surface area contributed by atoms with Crippen molar-refractivity contribution in [1.82, 2.24) is 10.2 Å². The summed E-state index contributed by atoms with van der Waals surface area (Å²) in [5.41, 5.74) is 5.43. The first-order valence-electron chi connectivity index (χ1n) is 5.67. The Morgan fingerprint density at radius 1 is 1.20 bits per heavy atom. The Bertz CT molecular complexity index is 293. The van der Waals surface area contributed by atoms with Crippen LogP contribution in [0, 0.1) is 0 Å². The summed E-state index contributed by atoms with van der Waals surface area (Å²) in [7, 11) is 0. The molecule has 0 unspecified atom stereocenters. The van der Waals surface area contributed by atoms with Gasteiger partial charge in [0.15, 0.2) is 0 Å². The molecular weight excluding hydrogens is 192 g/mol. The van der Waals surface area contributed by atoms with E-state index in [1.165, 1.54) is 19.3 Å². The van der Waals surface area contributed by atoms with Crippen molar-refractivity contribution in [3.8, 4) is 0 Å². The minimum Gasteiger partial charge on any atom is -0.408 e. The lowest BCUT2D eigenvalue weighted by Crippen LogP contribution is -2.29. The largest absolute Gasteiger partial charge is 0.408 e. The van der Waals surface area contributed by atoms with Gasteiger partial charge in [0, 0.05) is 19.5 Å². The van der Waals surface area contributed by atoms with E-state index in [1.807, 2.05) is 0 Å². The SMILES string of the molecule is NCCCc1nnc(N2CCCCC2)o1. The van der Waals surface area contributed by atoms with E-state index in [1.54, 1.807) is 0 Å². The second-order valence-electron chi connectivity index (χ2n) is 3.92. The molecule has 1 aliphatic heterocycles. The predicted molar refractivity (Wildman–Crippen MR) is 57.7 cm³/mol. The zero-order valence-electron chi connectivity index (χ0n) is 8.98. The molecule has 0 saturated carbocycles. The van der Waals surface area contributed by atoms with Gasteiger partial charge in [-0.15, -0.1) is 5.10 Å². The van der Waals surface area contributed by atoms with Crippen LogP contribution in [0.1, 0.15) is 31.6 Å². The summed E-state index contributed by atoms with van der Waals surface area (Å²) in [6, 6.07) is 0.682. The number of aromatic nitrogens is 2. The summed E-state index contributed by atoms with van der Waals surface area (Å²) in [5, 5.41) is 8.08. The molecule has 5 heteroatoms. The van der Waals surface area contributed by atoms with Crippen molar-refractivity contribution in [2.75, 3.05) is 24.5 Å². The van der Waals surface area contributed by atoms with Crippen LogP contribution in [0.25, 0.3) is 0 Å². The molecule has 2 heterocycles. The summed E-state index contributed by atoms with van der Waals surface area (Å²) >= 11 is 0. The molecule has 15 heavy (non-hydrogen) atoms. The molecule has 0 radical (unpaired) electrons. The maximum absolute atomic E-state index is 5.57. The number of aryl methyl sites for hydroxylation is 1. The van der Waals surface area contributed by atoms with Crippen LogP contribution in [-0.2, 0) is 6.42 Å². The lowest BCUT2D eigenvalue weighted by atomic mass is 10.1. The van der Waals surface area contributed by atoms with Crippen molar-refractivity contribution in [2.24, 2.45) is 5.73 Å². The highest BCUT2D eigenvalue weighted by atomic mass is 16.4. The zero-order chi connectivity index (χ0) is 10.5. The van der Waals surface area contributed by atoms with E-state index >= 15 is 0 Å². The van der Waals surface area contributed by atoms with Crippen LogP contribution in [0.15, 0.2) is 4.42 Å². The van der Waals surface area contributed by atoms with Crippen molar-refractivity contribution in [1.29, 1.82) is 0 Å². The van der Waals surface area contributed by atoms with Crippen LogP contribution in [0.4, 0.5) is 6.01 Å². The van der Waals surface area contributed by atoms with E-state index in [9.17, 15) is 0 Å². The number of anilines is 1. The van der Waals surface area contributed by atoms with Crippen molar-refractivity contribution >= 4 is 6.01 Å². The Hall–Kier alpha value is -1.10. The first kappa shape index (κ1) is 10.4. The maximum atomic E-state index is 5.57. The van der Waals surface area contributed by atoms with Crippen molar-refractivity contribution in [2.45, 2.75) is 32.1 Å². The molecule has 5 nitrogen and oxygen atoms in total. The Labute approximate surface area is 89.6 Å². The second kappa shape index (κ2) is 5.11. The lowest BCUT2D eigenvalue weighted by molar-refractivity contribution is 0.457. The summed E-state index contributed by atoms with van der Waals surface area (Å²) in [6.45, 7) is 2.75. The molecule has 2 N–H and O–H groups in total. The Morgan fingerprint density at radius 3 is 2.73 bits per heavy atom. The average Bonchev–Trinajstić information content (AvgIpc) is 2.76. The molecule has 0 aromatic carbocycles. The number of hydrogen-bond donors (Lipinski definition) is 1. The van der Waals surface area contributed by atoms with Gasteiger partial charge in [-0.25, -0.2) is 0 Å². The molecule has 2 rings (SSSR count). The quantitative estimate of drug-likeness (QED) is 0.801. The molecule has 1 aliphatic rings. The minimum absolute atomic E-state index is 0.668. The summed E-state index contributed by atoms with van der Waals surface area (Å²) < 4.78 is 5.57. The summed E-state index contributed by atoms with van der Waals surface area (Å²) in [4.78, 5) is 2.17. The molecule has 1 saturated heterocycles. The van der Waals surface area contributed by atoms with E-state index in [0.29, 0.717) is 18.5 Å². The third-order valence-electron chi connectivity index (χ3n) is 2.68. The summed E-state index contributed by atoms with van der Waals surface area (Å²) in [6.07, 6.45) is 5.45. The first-order valence-corrected chi connectivity index (χ1v) is 5.67. The van der Waals surface area contributed by atoms with Crippen LogP contribution >= 0.6 is 0 Å². The molecule has 1 aromatic rings. The van der Waals surface area contributed by atoms with E-state index in [2.05, 4.69) is 15.1 Å². The molecule has 84 valence electrons. The van der Waals surface area contributed by atoms with Crippen LogP contribution in [0.2, 0.25) is 0 Å². The molecule has 0 spiro atoms. The Kier molecular flexibility index (Phi) is 3.55. The molecule has 1 fully saturated rings. The Balaban J connectivity index is 1.93. The monoisotopic (exact) mass is 210 g/mol. The van der Waals surface area contributed by atoms with Crippen LogP contribution in [-0.4, -0.2) is 29.8 Å². The van der Waals surface area contributed by atoms with E-state index in [0.717, 1.165) is 25.9 Å². The average molecular weight is 210 g/mol. The maximum Gasteiger partial charge on any atom is 0.318 e. The fourth-order valence-electron chi connectivity index (χ4n) is 1.81. The van der Waals surface area contributed by atoms with Gasteiger partial charge in [-0.3, -0.25) is 0 Å². The van der Waals surface area contributed by atoms with Gasteiger partial charge in [-0.2, -0.15) is 0 Å². The third kappa shape index (κ3) is 2.68. The molecule has 1 aromatic heterocycles. The normalized spacial score (nSPS) is 17.0. The fourth-order valence-corrected chi connectivity index (χ4v) is 1.81. The number of hydrogen-bond acceptors (Lipinski definition) is 5. The van der Waals surface area contributed by atoms with E-state index < -0.39 is 0 Å². The number of nitrogens with zero attached hydrogens (tertiary/aromatic N) is 3. The van der Waals surface area contributed by atoms with Gasteiger partial charge in [0.2, 0.25) is 5.89 Å². The van der Waals surface area contributed by atoms with Crippen molar-refractivity contribution in [3.63, 3.8) is 0 Å². The van der Waals surface area contributed by atoms with Gasteiger partial charge >= 0.3 is 6.01 Å². The first-order chi connectivity index (χ1) is 7.40. The third-order valence-corrected chi connectivity index (χ3v) is 2.68. The Morgan fingerprint density at radius 2 is 2.00 bits per heavy atom. The smallest absolute Gasteiger partial charge is 0.318 e. The molecule has 0 atom stereocenters. The number of piperidine rings is 1. The van der Waals surface area contributed by atoms with E-state index in [4.69, 9.17) is 10.2 Å². The topological polar surface area (TPSA) is 68.2 Å². The molecule has 0 bridgehead atoms. The van der Waals surface area contributed by atoms with Crippen molar-refractivity contribution < 1.29 is 4.42 Å². The van der Waals surface area contributed by atoms with Gasteiger partial charge in [0.05, 0.1) is 0 Å². The summed E-state index contributed by atoms with van der Waals surface area (Å²) in [5.74, 6) is 0.709. The molecule has 0 amide bonds. The highest BCUT2D eigenvalue weighted by Crippen LogP contribution is 2.18. The standard InChI is InChI=1S/C10H18N4O/c11-6-4-5-9-12-13-10(15-9)14-7-2-1-3-8-14/h1-8,11H2. The van der Waals surface area contributed by atoms with Gasteiger partial charge < -0.3 is 15.1 Å². The zero-order valence-corrected chi connectivity index (χ0v) is 8.98. The van der Waals surface area contributed by atoms with Gasteiger partial charge in [0.1, 0.15) is 0 Å². The highest BCUT2D eigenvalue weighted by Gasteiger charge is 2.16. The molecule has 0 aliphatic carbocycles. The van der Waals surface area contributed by atoms with Crippen molar-refractivity contribution in [3.05, 3.63) is 5.89 Å².